The van der Waals surface area contributed by atoms with Gasteiger partial charge in [0.05, 0.1) is 0 Å². The van der Waals surface area contributed by atoms with Crippen LogP contribution in [0.25, 0.3) is 10.9 Å². The predicted octanol–water partition coefficient (Wildman–Crippen LogP) is 2.42. The van der Waals surface area contributed by atoms with Gasteiger partial charge in [0.2, 0.25) is 0 Å². The number of H-pyrrole nitrogens is 1. The molecule has 2 heteroatoms. The van der Waals surface area contributed by atoms with Crippen molar-refractivity contribution in [3.63, 3.8) is 0 Å². The van der Waals surface area contributed by atoms with Gasteiger partial charge >= 0.3 is 0 Å². The second kappa shape index (κ2) is 2.39. The molecular weight excluding hydrogens is 172 g/mol. The van der Waals surface area contributed by atoms with Crippen molar-refractivity contribution >= 4 is 10.9 Å². The quantitative estimate of drug-likeness (QED) is 0.705. The predicted molar refractivity (Wildman–Crippen MR) is 58.1 cm³/mol. The second-order valence-corrected chi connectivity index (χ2v) is 4.39. The first-order valence-corrected chi connectivity index (χ1v) is 5.06. The van der Waals surface area contributed by atoms with Crippen molar-refractivity contribution in [3.8, 4) is 0 Å². The number of rotatable bonds is 1. The lowest BCUT2D eigenvalue weighted by Crippen LogP contribution is -2.18. The molecule has 0 spiro atoms. The standard InChI is InChI=1S/C12H14N2/c1-8-7-14-11-3-2-9(6-10(8)11)12(13)4-5-12/h2-3,6-7,14H,4-5,13H2,1H3. The Kier molecular flexibility index (Phi) is 1.38. The van der Waals surface area contributed by atoms with Crippen LogP contribution in [0.5, 0.6) is 0 Å². The molecule has 2 aromatic rings. The van der Waals surface area contributed by atoms with Gasteiger partial charge < -0.3 is 10.7 Å². The summed E-state index contributed by atoms with van der Waals surface area (Å²) in [4.78, 5) is 3.25. The Bertz CT molecular complexity index is 492. The number of fused-ring (bicyclic) bond motifs is 1. The van der Waals surface area contributed by atoms with E-state index in [0.717, 1.165) is 12.8 Å². The van der Waals surface area contributed by atoms with Crippen molar-refractivity contribution in [1.29, 1.82) is 0 Å². The highest BCUT2D eigenvalue weighted by Crippen LogP contribution is 2.43. The topological polar surface area (TPSA) is 41.8 Å². The highest BCUT2D eigenvalue weighted by molar-refractivity contribution is 5.83. The van der Waals surface area contributed by atoms with Gasteiger partial charge in [0.1, 0.15) is 0 Å². The molecule has 0 amide bonds. The van der Waals surface area contributed by atoms with E-state index in [1.165, 1.54) is 22.0 Å². The Labute approximate surface area is 83.1 Å². The van der Waals surface area contributed by atoms with E-state index in [1.807, 2.05) is 6.20 Å². The summed E-state index contributed by atoms with van der Waals surface area (Å²) in [7, 11) is 0. The van der Waals surface area contributed by atoms with Crippen molar-refractivity contribution in [2.24, 2.45) is 5.73 Å². The molecule has 0 saturated heterocycles. The van der Waals surface area contributed by atoms with Crippen molar-refractivity contribution in [1.82, 2.24) is 4.98 Å². The highest BCUT2D eigenvalue weighted by atomic mass is 14.8. The smallest absolute Gasteiger partial charge is 0.0456 e. The van der Waals surface area contributed by atoms with Crippen LogP contribution in [0.2, 0.25) is 0 Å². The molecule has 1 heterocycles. The molecular formula is C12H14N2. The van der Waals surface area contributed by atoms with E-state index < -0.39 is 0 Å². The van der Waals surface area contributed by atoms with Gasteiger partial charge in [-0.1, -0.05) is 6.07 Å². The molecule has 1 saturated carbocycles. The summed E-state index contributed by atoms with van der Waals surface area (Å²) in [5.41, 5.74) is 9.94. The molecule has 3 rings (SSSR count). The van der Waals surface area contributed by atoms with Gasteiger partial charge in [-0.25, -0.2) is 0 Å². The Morgan fingerprint density at radius 3 is 2.86 bits per heavy atom. The summed E-state index contributed by atoms with van der Waals surface area (Å²) >= 11 is 0. The van der Waals surface area contributed by atoms with Crippen LogP contribution in [-0.2, 0) is 5.54 Å². The molecule has 0 bridgehead atoms. The average Bonchev–Trinajstić information content (AvgIpc) is 2.84. The maximum atomic E-state index is 6.17. The maximum absolute atomic E-state index is 6.17. The van der Waals surface area contributed by atoms with Crippen LogP contribution < -0.4 is 5.73 Å². The van der Waals surface area contributed by atoms with E-state index in [-0.39, 0.29) is 5.54 Å². The molecule has 72 valence electrons. The third kappa shape index (κ3) is 1.01. The zero-order valence-corrected chi connectivity index (χ0v) is 8.30. The Balaban J connectivity index is 2.23. The van der Waals surface area contributed by atoms with Gasteiger partial charge in [-0.2, -0.15) is 0 Å². The van der Waals surface area contributed by atoms with Crippen LogP contribution in [0.15, 0.2) is 24.4 Å². The van der Waals surface area contributed by atoms with Gasteiger partial charge in [-0.05, 0) is 43.0 Å². The number of aromatic nitrogens is 1. The van der Waals surface area contributed by atoms with Crippen LogP contribution in [0, 0.1) is 6.92 Å². The van der Waals surface area contributed by atoms with Crippen LogP contribution in [-0.4, -0.2) is 4.98 Å². The first kappa shape index (κ1) is 8.06. The Morgan fingerprint density at radius 1 is 1.36 bits per heavy atom. The molecule has 14 heavy (non-hydrogen) atoms. The highest BCUT2D eigenvalue weighted by Gasteiger charge is 2.39. The van der Waals surface area contributed by atoms with E-state index in [0.29, 0.717) is 0 Å². The van der Waals surface area contributed by atoms with Crippen molar-refractivity contribution in [3.05, 3.63) is 35.5 Å². The number of hydrogen-bond acceptors (Lipinski definition) is 1. The first-order chi connectivity index (χ1) is 6.69. The fourth-order valence-electron chi connectivity index (χ4n) is 1.99. The van der Waals surface area contributed by atoms with Crippen molar-refractivity contribution < 1.29 is 0 Å². The van der Waals surface area contributed by atoms with E-state index in [9.17, 15) is 0 Å². The van der Waals surface area contributed by atoms with Crippen LogP contribution in [0.1, 0.15) is 24.0 Å². The molecule has 1 aromatic carbocycles. The van der Waals surface area contributed by atoms with Crippen LogP contribution in [0.4, 0.5) is 0 Å². The number of hydrogen-bond donors (Lipinski definition) is 2. The van der Waals surface area contributed by atoms with E-state index in [2.05, 4.69) is 30.1 Å². The van der Waals surface area contributed by atoms with Gasteiger partial charge in [0.25, 0.3) is 0 Å². The molecule has 0 unspecified atom stereocenters. The minimum absolute atomic E-state index is 0.0160. The maximum Gasteiger partial charge on any atom is 0.0456 e. The van der Waals surface area contributed by atoms with Gasteiger partial charge in [-0.15, -0.1) is 0 Å². The third-order valence-electron chi connectivity index (χ3n) is 3.25. The number of aryl methyl sites for hydroxylation is 1. The molecule has 1 aromatic heterocycles. The zero-order chi connectivity index (χ0) is 9.76. The van der Waals surface area contributed by atoms with Crippen LogP contribution >= 0.6 is 0 Å². The number of aromatic amines is 1. The lowest BCUT2D eigenvalue weighted by Gasteiger charge is -2.08. The first-order valence-electron chi connectivity index (χ1n) is 5.06. The molecule has 0 atom stereocenters. The number of nitrogens with two attached hydrogens (primary N) is 1. The molecule has 2 nitrogen and oxygen atoms in total. The zero-order valence-electron chi connectivity index (χ0n) is 8.30. The van der Waals surface area contributed by atoms with Gasteiger partial charge in [0, 0.05) is 22.6 Å². The number of nitrogens with one attached hydrogen (secondary N) is 1. The Hall–Kier alpha value is -1.28. The minimum atomic E-state index is -0.0160. The van der Waals surface area contributed by atoms with Crippen molar-refractivity contribution in [2.45, 2.75) is 25.3 Å². The SMILES string of the molecule is Cc1c[nH]c2ccc(C3(N)CC3)cc12. The van der Waals surface area contributed by atoms with Crippen molar-refractivity contribution in [2.75, 3.05) is 0 Å². The molecule has 1 aliphatic carbocycles. The summed E-state index contributed by atoms with van der Waals surface area (Å²) in [6, 6.07) is 6.50. The number of benzene rings is 1. The normalized spacial score (nSPS) is 18.7. The summed E-state index contributed by atoms with van der Waals surface area (Å²) in [5.74, 6) is 0. The fourth-order valence-corrected chi connectivity index (χ4v) is 1.99. The summed E-state index contributed by atoms with van der Waals surface area (Å²) in [6.45, 7) is 2.12. The molecule has 0 radical (unpaired) electrons. The largest absolute Gasteiger partial charge is 0.361 e. The fraction of sp³-hybridized carbons (Fsp3) is 0.333. The molecule has 1 aliphatic rings. The van der Waals surface area contributed by atoms with Gasteiger partial charge in [-0.3, -0.25) is 0 Å². The average molecular weight is 186 g/mol. The Morgan fingerprint density at radius 2 is 2.14 bits per heavy atom. The summed E-state index contributed by atoms with van der Waals surface area (Å²) in [6.07, 6.45) is 4.30. The van der Waals surface area contributed by atoms with Gasteiger partial charge in [0.15, 0.2) is 0 Å². The molecule has 1 fully saturated rings. The third-order valence-corrected chi connectivity index (χ3v) is 3.25. The molecule has 0 aliphatic heterocycles. The van der Waals surface area contributed by atoms with E-state index in [1.54, 1.807) is 0 Å². The molecule has 3 N–H and O–H groups in total. The minimum Gasteiger partial charge on any atom is -0.361 e. The lowest BCUT2D eigenvalue weighted by molar-refractivity contribution is 0.741. The monoisotopic (exact) mass is 186 g/mol. The summed E-state index contributed by atoms with van der Waals surface area (Å²) < 4.78 is 0. The van der Waals surface area contributed by atoms with Crippen LogP contribution in [0.3, 0.4) is 0 Å². The van der Waals surface area contributed by atoms with E-state index >= 15 is 0 Å². The van der Waals surface area contributed by atoms with E-state index in [4.69, 9.17) is 5.73 Å². The second-order valence-electron chi connectivity index (χ2n) is 4.39. The summed E-state index contributed by atoms with van der Waals surface area (Å²) in [5, 5.41) is 1.30. The lowest BCUT2D eigenvalue weighted by atomic mass is 10.0.